The predicted octanol–water partition coefficient (Wildman–Crippen LogP) is 3.65. The zero-order chi connectivity index (χ0) is 13.7. The number of urea groups is 1. The number of halogens is 1. The average molecular weight is 264 g/mol. The molecule has 0 aliphatic carbocycles. The maximum atomic E-state index is 13.3. The van der Waals surface area contributed by atoms with Crippen molar-refractivity contribution >= 4 is 11.7 Å². The van der Waals surface area contributed by atoms with Gasteiger partial charge < -0.3 is 4.90 Å². The highest BCUT2D eigenvalue weighted by Gasteiger charge is 2.22. The first-order valence-corrected chi connectivity index (χ1v) is 7.04. The van der Waals surface area contributed by atoms with Gasteiger partial charge in [0.15, 0.2) is 0 Å². The summed E-state index contributed by atoms with van der Waals surface area (Å²) in [6.45, 7) is 4.09. The summed E-state index contributed by atoms with van der Waals surface area (Å²) < 4.78 is 13.3. The third-order valence-electron chi connectivity index (χ3n) is 3.54. The zero-order valence-electron chi connectivity index (χ0n) is 11.4. The minimum absolute atomic E-state index is 0.00463. The molecule has 104 valence electrons. The Morgan fingerprint density at radius 3 is 2.53 bits per heavy atom. The number of hydrogen-bond acceptors (Lipinski definition) is 1. The molecule has 1 aliphatic heterocycles. The Morgan fingerprint density at radius 1 is 1.26 bits per heavy atom. The Labute approximate surface area is 114 Å². The second kappa shape index (κ2) is 6.55. The molecular weight excluding hydrogens is 243 g/mol. The molecule has 1 aromatic rings. The standard InChI is InChI=1S/C15H21FN2O/c1-2-18(14-9-7-8-13(16)12-14)15(19)17-10-5-3-4-6-11-17/h7-9,12H,2-6,10-11H2,1H3. The van der Waals surface area contributed by atoms with Gasteiger partial charge in [0.1, 0.15) is 5.82 Å². The first-order valence-electron chi connectivity index (χ1n) is 7.04. The van der Waals surface area contributed by atoms with Gasteiger partial charge in [-0.1, -0.05) is 18.9 Å². The number of anilines is 1. The van der Waals surface area contributed by atoms with Crippen LogP contribution in [-0.4, -0.2) is 30.6 Å². The van der Waals surface area contributed by atoms with E-state index < -0.39 is 0 Å². The third-order valence-corrected chi connectivity index (χ3v) is 3.54. The largest absolute Gasteiger partial charge is 0.324 e. The van der Waals surface area contributed by atoms with E-state index in [1.807, 2.05) is 11.8 Å². The van der Waals surface area contributed by atoms with Crippen LogP contribution in [0.5, 0.6) is 0 Å². The van der Waals surface area contributed by atoms with E-state index in [-0.39, 0.29) is 11.8 Å². The molecule has 0 unspecified atom stereocenters. The van der Waals surface area contributed by atoms with Gasteiger partial charge in [-0.3, -0.25) is 4.90 Å². The second-order valence-corrected chi connectivity index (χ2v) is 4.91. The summed E-state index contributed by atoms with van der Waals surface area (Å²) in [5.74, 6) is -0.306. The quantitative estimate of drug-likeness (QED) is 0.799. The van der Waals surface area contributed by atoms with Crippen molar-refractivity contribution in [3.63, 3.8) is 0 Å². The fourth-order valence-corrected chi connectivity index (χ4v) is 2.50. The molecule has 2 rings (SSSR count). The molecule has 0 spiro atoms. The lowest BCUT2D eigenvalue weighted by atomic mass is 10.2. The highest BCUT2D eigenvalue weighted by atomic mass is 19.1. The van der Waals surface area contributed by atoms with E-state index in [4.69, 9.17) is 0 Å². The molecule has 19 heavy (non-hydrogen) atoms. The highest BCUT2D eigenvalue weighted by Crippen LogP contribution is 2.19. The van der Waals surface area contributed by atoms with E-state index in [0.29, 0.717) is 12.2 Å². The molecule has 0 saturated carbocycles. The van der Waals surface area contributed by atoms with Gasteiger partial charge in [-0.25, -0.2) is 9.18 Å². The fourth-order valence-electron chi connectivity index (χ4n) is 2.50. The van der Waals surface area contributed by atoms with E-state index in [9.17, 15) is 9.18 Å². The van der Waals surface area contributed by atoms with Gasteiger partial charge in [0.2, 0.25) is 0 Å². The summed E-state index contributed by atoms with van der Waals surface area (Å²) in [7, 11) is 0. The number of likely N-dealkylation sites (tertiary alicyclic amines) is 1. The molecule has 0 N–H and O–H groups in total. The van der Waals surface area contributed by atoms with Crippen molar-refractivity contribution < 1.29 is 9.18 Å². The van der Waals surface area contributed by atoms with Crippen LogP contribution in [0, 0.1) is 5.82 Å². The number of hydrogen-bond donors (Lipinski definition) is 0. The number of nitrogens with zero attached hydrogens (tertiary/aromatic N) is 2. The molecule has 2 amide bonds. The lowest BCUT2D eigenvalue weighted by Gasteiger charge is -2.29. The van der Waals surface area contributed by atoms with Crippen molar-refractivity contribution in [2.45, 2.75) is 32.6 Å². The van der Waals surface area contributed by atoms with Crippen LogP contribution < -0.4 is 4.90 Å². The Morgan fingerprint density at radius 2 is 1.95 bits per heavy atom. The van der Waals surface area contributed by atoms with Crippen molar-refractivity contribution in [2.75, 3.05) is 24.5 Å². The monoisotopic (exact) mass is 264 g/mol. The number of amides is 2. The summed E-state index contributed by atoms with van der Waals surface area (Å²) in [5, 5.41) is 0. The van der Waals surface area contributed by atoms with E-state index in [1.54, 1.807) is 17.0 Å². The van der Waals surface area contributed by atoms with Gasteiger partial charge >= 0.3 is 6.03 Å². The fraction of sp³-hybridized carbons (Fsp3) is 0.533. The molecule has 1 fully saturated rings. The summed E-state index contributed by atoms with van der Waals surface area (Å²) in [6, 6.07) is 6.23. The van der Waals surface area contributed by atoms with Crippen molar-refractivity contribution in [3.8, 4) is 0 Å². The van der Waals surface area contributed by atoms with E-state index in [1.165, 1.54) is 25.0 Å². The molecule has 1 aromatic carbocycles. The molecule has 0 bridgehead atoms. The minimum Gasteiger partial charge on any atom is -0.324 e. The lowest BCUT2D eigenvalue weighted by Crippen LogP contribution is -2.43. The van der Waals surface area contributed by atoms with E-state index in [0.717, 1.165) is 25.9 Å². The van der Waals surface area contributed by atoms with Crippen LogP contribution in [0.1, 0.15) is 32.6 Å². The first kappa shape index (κ1) is 13.8. The van der Waals surface area contributed by atoms with Crippen LogP contribution >= 0.6 is 0 Å². The summed E-state index contributed by atoms with van der Waals surface area (Å²) in [6.07, 6.45) is 4.50. The number of rotatable bonds is 2. The van der Waals surface area contributed by atoms with Gasteiger partial charge in [0.25, 0.3) is 0 Å². The van der Waals surface area contributed by atoms with Crippen LogP contribution in [0.2, 0.25) is 0 Å². The Balaban J connectivity index is 2.14. The first-order chi connectivity index (χ1) is 9.22. The SMILES string of the molecule is CCN(C(=O)N1CCCCCC1)c1cccc(F)c1. The smallest absolute Gasteiger partial charge is 0.324 e. The normalized spacial score (nSPS) is 16.0. The zero-order valence-corrected chi connectivity index (χ0v) is 11.4. The highest BCUT2D eigenvalue weighted by molar-refractivity contribution is 5.91. The Hall–Kier alpha value is -1.58. The van der Waals surface area contributed by atoms with Crippen molar-refractivity contribution in [1.82, 2.24) is 4.90 Å². The minimum atomic E-state index is -0.306. The van der Waals surface area contributed by atoms with Crippen LogP contribution in [-0.2, 0) is 0 Å². The lowest BCUT2D eigenvalue weighted by molar-refractivity contribution is 0.207. The Kier molecular flexibility index (Phi) is 4.77. The topological polar surface area (TPSA) is 23.6 Å². The third kappa shape index (κ3) is 3.46. The number of benzene rings is 1. The van der Waals surface area contributed by atoms with Gasteiger partial charge in [-0.2, -0.15) is 0 Å². The van der Waals surface area contributed by atoms with Crippen LogP contribution in [0.3, 0.4) is 0 Å². The molecular formula is C15H21FN2O. The summed E-state index contributed by atoms with van der Waals surface area (Å²) in [5.41, 5.74) is 0.636. The number of carbonyl (C=O) groups is 1. The van der Waals surface area contributed by atoms with Gasteiger partial charge in [0.05, 0.1) is 0 Å². The van der Waals surface area contributed by atoms with Crippen molar-refractivity contribution in [2.24, 2.45) is 0 Å². The molecule has 4 heteroatoms. The Bertz CT molecular complexity index is 428. The molecule has 0 radical (unpaired) electrons. The molecule has 1 aliphatic rings. The van der Waals surface area contributed by atoms with Gasteiger partial charge in [-0.15, -0.1) is 0 Å². The molecule has 1 saturated heterocycles. The number of carbonyl (C=O) groups excluding carboxylic acids is 1. The molecule has 0 atom stereocenters. The second-order valence-electron chi connectivity index (χ2n) is 4.91. The maximum absolute atomic E-state index is 13.3. The maximum Gasteiger partial charge on any atom is 0.324 e. The van der Waals surface area contributed by atoms with Gasteiger partial charge in [0, 0.05) is 25.3 Å². The van der Waals surface area contributed by atoms with Crippen LogP contribution in [0.25, 0.3) is 0 Å². The van der Waals surface area contributed by atoms with Crippen molar-refractivity contribution in [1.29, 1.82) is 0 Å². The summed E-state index contributed by atoms with van der Waals surface area (Å²) >= 11 is 0. The molecule has 1 heterocycles. The van der Waals surface area contributed by atoms with Crippen LogP contribution in [0.4, 0.5) is 14.9 Å². The van der Waals surface area contributed by atoms with Gasteiger partial charge in [-0.05, 0) is 38.0 Å². The van der Waals surface area contributed by atoms with Crippen molar-refractivity contribution in [3.05, 3.63) is 30.1 Å². The average Bonchev–Trinajstić information content (AvgIpc) is 2.68. The van der Waals surface area contributed by atoms with Crippen LogP contribution in [0.15, 0.2) is 24.3 Å². The molecule has 0 aromatic heterocycles. The molecule has 3 nitrogen and oxygen atoms in total. The summed E-state index contributed by atoms with van der Waals surface area (Å²) in [4.78, 5) is 16.1. The van der Waals surface area contributed by atoms with E-state index in [2.05, 4.69) is 0 Å². The predicted molar refractivity (Wildman–Crippen MR) is 74.9 cm³/mol. The van der Waals surface area contributed by atoms with E-state index >= 15 is 0 Å².